The van der Waals surface area contributed by atoms with Gasteiger partial charge >= 0.3 is 0 Å². The molecule has 1 aromatic carbocycles. The number of halogens is 1. The first-order chi connectivity index (χ1) is 10.1. The Hall–Kier alpha value is -2.38. The van der Waals surface area contributed by atoms with E-state index < -0.39 is 10.9 Å². The second kappa shape index (κ2) is 6.59. The molecule has 2 aromatic heterocycles. The lowest BCUT2D eigenvalue weighted by Gasteiger charge is -2.07. The summed E-state index contributed by atoms with van der Waals surface area (Å²) in [6.45, 7) is 0. The van der Waals surface area contributed by atoms with Crippen molar-refractivity contribution in [3.05, 3.63) is 59.0 Å². The predicted molar refractivity (Wildman–Crippen MR) is 89.0 cm³/mol. The highest BCUT2D eigenvalue weighted by Crippen LogP contribution is 2.27. The van der Waals surface area contributed by atoms with Gasteiger partial charge in [0.25, 0.3) is 0 Å². The maximum atomic E-state index is 11.3. The molecule has 0 saturated carbocycles. The molecule has 0 radical (unpaired) electrons. The van der Waals surface area contributed by atoms with Crippen LogP contribution >= 0.6 is 12.4 Å². The summed E-state index contributed by atoms with van der Waals surface area (Å²) >= 11 is 0. The topological polar surface area (TPSA) is 91.9 Å². The third-order valence-corrected chi connectivity index (χ3v) is 3.47. The Balaban J connectivity index is 0.00000176. The second-order valence-corrected chi connectivity index (χ2v) is 5.13. The first-order valence-electron chi connectivity index (χ1n) is 6.13. The number of fused-ring (bicyclic) bond motifs is 1. The van der Waals surface area contributed by atoms with Crippen LogP contribution in [0, 0.1) is 0 Å². The molecule has 0 aliphatic heterocycles. The number of rotatable bonds is 3. The largest absolute Gasteiger partial charge is 0.307 e. The van der Waals surface area contributed by atoms with Crippen molar-refractivity contribution in [3.8, 4) is 11.1 Å². The molecule has 3 aromatic rings. The van der Waals surface area contributed by atoms with Crippen molar-refractivity contribution < 1.29 is 8.42 Å². The fourth-order valence-electron chi connectivity index (χ4n) is 2.17. The number of hydrogen-bond donors (Lipinski definition) is 3. The van der Waals surface area contributed by atoms with Crippen molar-refractivity contribution in [2.75, 3.05) is 4.72 Å². The molecule has 0 aliphatic carbocycles. The molecule has 0 saturated heterocycles. The first kappa shape index (κ1) is 16.0. The highest BCUT2D eigenvalue weighted by molar-refractivity contribution is 7.73. The molecule has 0 atom stereocenters. The molecule has 2 N–H and O–H groups in total. The van der Waals surface area contributed by atoms with Crippen LogP contribution in [0.1, 0.15) is 0 Å². The highest BCUT2D eigenvalue weighted by Gasteiger charge is 2.06. The van der Waals surface area contributed by atoms with Gasteiger partial charge in [0.2, 0.25) is 16.4 Å². The van der Waals surface area contributed by atoms with Crippen LogP contribution in [-0.2, 0) is 10.9 Å². The number of nitrogens with zero attached hydrogens (tertiary/aromatic N) is 1. The Morgan fingerprint density at radius 3 is 2.68 bits per heavy atom. The van der Waals surface area contributed by atoms with Gasteiger partial charge in [0.15, 0.2) is 0 Å². The lowest BCUT2D eigenvalue weighted by molar-refractivity contribution is 0.619. The van der Waals surface area contributed by atoms with Crippen LogP contribution in [0.3, 0.4) is 0 Å². The summed E-state index contributed by atoms with van der Waals surface area (Å²) in [5, 5.41) is 0.792. The van der Waals surface area contributed by atoms with Gasteiger partial charge in [0.05, 0.1) is 0 Å². The maximum Gasteiger partial charge on any atom is 0.249 e. The van der Waals surface area contributed by atoms with Gasteiger partial charge in [-0.15, -0.1) is 12.4 Å². The average molecular weight is 338 g/mol. The van der Waals surface area contributed by atoms with E-state index in [4.69, 9.17) is 0 Å². The summed E-state index contributed by atoms with van der Waals surface area (Å²) in [7, 11) is -2.71. The lowest BCUT2D eigenvalue weighted by atomic mass is 10.0. The summed E-state index contributed by atoms with van der Waals surface area (Å²) in [5.74, 6) is 0. The molecule has 0 aliphatic rings. The van der Waals surface area contributed by atoms with Crippen molar-refractivity contribution >= 4 is 40.0 Å². The van der Waals surface area contributed by atoms with Gasteiger partial charge in [-0.25, -0.2) is 13.4 Å². The highest BCUT2D eigenvalue weighted by atomic mass is 35.5. The minimum Gasteiger partial charge on any atom is -0.307 e. The van der Waals surface area contributed by atoms with E-state index in [9.17, 15) is 13.2 Å². The van der Waals surface area contributed by atoms with Crippen LogP contribution in [0.15, 0.2) is 53.5 Å². The van der Waals surface area contributed by atoms with E-state index in [1.54, 1.807) is 30.5 Å². The van der Waals surface area contributed by atoms with E-state index in [-0.39, 0.29) is 18.0 Å². The summed E-state index contributed by atoms with van der Waals surface area (Å²) in [5.41, 5.74) is 2.45. The maximum absolute atomic E-state index is 11.3. The molecular weight excluding hydrogens is 326 g/mol. The number of anilines is 1. The van der Waals surface area contributed by atoms with E-state index in [0.29, 0.717) is 11.3 Å². The molecule has 0 spiro atoms. The third kappa shape index (κ3) is 3.26. The van der Waals surface area contributed by atoms with Gasteiger partial charge in [0.1, 0.15) is 5.65 Å². The van der Waals surface area contributed by atoms with Crippen molar-refractivity contribution in [2.24, 2.45) is 0 Å². The van der Waals surface area contributed by atoms with Gasteiger partial charge in [0, 0.05) is 23.3 Å². The molecule has 114 valence electrons. The van der Waals surface area contributed by atoms with Crippen molar-refractivity contribution in [1.29, 1.82) is 0 Å². The Kier molecular flexibility index (Phi) is 4.79. The number of aromatic nitrogens is 2. The molecule has 0 amide bonds. The zero-order chi connectivity index (χ0) is 14.8. The first-order valence-corrected chi connectivity index (χ1v) is 7.31. The number of benzene rings is 1. The molecule has 22 heavy (non-hydrogen) atoms. The van der Waals surface area contributed by atoms with E-state index in [1.807, 2.05) is 12.1 Å². The standard InChI is InChI=1S/C14H11N3O3S.ClH/c18-13-5-4-12-11(6-7-15-14(12)16-13)9-2-1-3-10(8-9)17-21(19)20;/h1-8,21H,(H,15,16,18)(H,17,19,20);1H. The molecule has 8 heteroatoms. The molecule has 2 heterocycles. The monoisotopic (exact) mass is 337 g/mol. The predicted octanol–water partition coefficient (Wildman–Crippen LogP) is 1.95. The van der Waals surface area contributed by atoms with E-state index in [2.05, 4.69) is 14.7 Å². The summed E-state index contributed by atoms with van der Waals surface area (Å²) < 4.78 is 23.8. The third-order valence-electron chi connectivity index (χ3n) is 3.03. The van der Waals surface area contributed by atoms with Crippen LogP contribution in [-0.4, -0.2) is 18.4 Å². The van der Waals surface area contributed by atoms with Crippen molar-refractivity contribution in [2.45, 2.75) is 0 Å². The van der Waals surface area contributed by atoms with Gasteiger partial charge in [-0.3, -0.25) is 9.52 Å². The van der Waals surface area contributed by atoms with Crippen LogP contribution in [0.5, 0.6) is 0 Å². The SMILES string of the molecule is Cl.O=c1ccc2c(-c3cccc(N[SH](=O)=O)c3)ccnc2[nH]1. The van der Waals surface area contributed by atoms with Crippen molar-refractivity contribution in [3.63, 3.8) is 0 Å². The molecule has 0 bridgehead atoms. The smallest absolute Gasteiger partial charge is 0.249 e. The number of pyridine rings is 2. The number of H-pyrrole nitrogens is 1. The van der Waals surface area contributed by atoms with Gasteiger partial charge < -0.3 is 4.98 Å². The summed E-state index contributed by atoms with van der Waals surface area (Å²) in [6.07, 6.45) is 1.60. The molecule has 0 fully saturated rings. The normalized spacial score (nSPS) is 10.4. The Labute approximate surface area is 133 Å². The minimum atomic E-state index is -2.71. The average Bonchev–Trinajstić information content (AvgIpc) is 2.46. The van der Waals surface area contributed by atoms with Crippen molar-refractivity contribution in [1.82, 2.24) is 9.97 Å². The van der Waals surface area contributed by atoms with Crippen LogP contribution in [0.2, 0.25) is 0 Å². The fraction of sp³-hybridized carbons (Fsp3) is 0. The number of aromatic amines is 1. The second-order valence-electron chi connectivity index (χ2n) is 4.39. The molecule has 3 rings (SSSR count). The Morgan fingerprint density at radius 1 is 1.09 bits per heavy atom. The number of nitrogens with one attached hydrogen (secondary N) is 2. The lowest BCUT2D eigenvalue weighted by Crippen LogP contribution is -2.03. The number of hydrogen-bond acceptors (Lipinski definition) is 4. The summed E-state index contributed by atoms with van der Waals surface area (Å²) in [6, 6.07) is 12.0. The van der Waals surface area contributed by atoms with Gasteiger partial charge in [-0.1, -0.05) is 12.1 Å². The van der Waals surface area contributed by atoms with Gasteiger partial charge in [-0.05, 0) is 35.4 Å². The van der Waals surface area contributed by atoms with Crippen LogP contribution in [0.4, 0.5) is 5.69 Å². The zero-order valence-electron chi connectivity index (χ0n) is 11.1. The molecule has 6 nitrogen and oxygen atoms in total. The van der Waals surface area contributed by atoms with Gasteiger partial charge in [-0.2, -0.15) is 0 Å². The van der Waals surface area contributed by atoms with E-state index in [0.717, 1.165) is 16.5 Å². The summed E-state index contributed by atoms with van der Waals surface area (Å²) in [4.78, 5) is 18.1. The van der Waals surface area contributed by atoms with E-state index >= 15 is 0 Å². The van der Waals surface area contributed by atoms with E-state index in [1.165, 1.54) is 6.07 Å². The zero-order valence-corrected chi connectivity index (χ0v) is 12.9. The Bertz CT molecular complexity index is 945. The van der Waals surface area contributed by atoms with Crippen LogP contribution in [0.25, 0.3) is 22.2 Å². The number of thiol groups is 1. The Morgan fingerprint density at radius 2 is 1.91 bits per heavy atom. The van der Waals surface area contributed by atoms with Crippen LogP contribution < -0.4 is 10.3 Å². The minimum absolute atomic E-state index is 0. The molecular formula is C14H12ClN3O3S. The quantitative estimate of drug-likeness (QED) is 0.637. The molecule has 0 unspecified atom stereocenters. The fourth-order valence-corrected chi connectivity index (χ4v) is 2.52.